The Labute approximate surface area is 192 Å². The van der Waals surface area contributed by atoms with Gasteiger partial charge >= 0.3 is 0 Å². The van der Waals surface area contributed by atoms with Crippen molar-refractivity contribution in [3.05, 3.63) is 29.6 Å². The molecule has 1 N–H and O–H groups in total. The number of piperazine rings is 1. The molecule has 0 aromatic carbocycles. The van der Waals surface area contributed by atoms with Gasteiger partial charge in [0.15, 0.2) is 5.96 Å². The lowest BCUT2D eigenvalue weighted by Gasteiger charge is -2.35. The molecule has 0 unspecified atom stereocenters. The van der Waals surface area contributed by atoms with Gasteiger partial charge in [-0.1, -0.05) is 6.07 Å². The Hall–Kier alpha value is -0.980. The van der Waals surface area contributed by atoms with Crippen LogP contribution in [0.25, 0.3) is 0 Å². The molecule has 2 heterocycles. The first-order valence-corrected chi connectivity index (χ1v) is 11.5. The fourth-order valence-electron chi connectivity index (χ4n) is 2.97. The quantitative estimate of drug-likeness (QED) is 0.308. The molecule has 0 atom stereocenters. The van der Waals surface area contributed by atoms with Crippen LogP contribution in [-0.2, 0) is 21.3 Å². The highest BCUT2D eigenvalue weighted by Crippen LogP contribution is 2.10. The molecule has 0 bridgehead atoms. The molecule has 0 saturated carbocycles. The Morgan fingerprint density at radius 3 is 2.55 bits per heavy atom. The smallest absolute Gasteiger partial charge is 0.216 e. The zero-order valence-electron chi connectivity index (χ0n) is 17.8. The highest BCUT2D eigenvalue weighted by atomic mass is 127. The van der Waals surface area contributed by atoms with Crippen LogP contribution in [0.3, 0.4) is 0 Å². The van der Waals surface area contributed by atoms with Gasteiger partial charge in [-0.3, -0.25) is 4.98 Å². The second-order valence-electron chi connectivity index (χ2n) is 7.06. The van der Waals surface area contributed by atoms with E-state index in [9.17, 15) is 8.42 Å². The zero-order chi connectivity index (χ0) is 20.6. The summed E-state index contributed by atoms with van der Waals surface area (Å²) < 4.78 is 31.9. The molecule has 1 saturated heterocycles. The minimum absolute atomic E-state index is 0. The predicted molar refractivity (Wildman–Crippen MR) is 127 cm³/mol. The molecule has 0 radical (unpaired) electrons. The van der Waals surface area contributed by atoms with Crippen LogP contribution in [0.1, 0.15) is 32.2 Å². The van der Waals surface area contributed by atoms with Gasteiger partial charge in [-0.15, -0.1) is 24.0 Å². The standard InChI is InChI=1S/C19H33N5O3S.HI/c1-5-20-19(21-15-18-8-6-7-17(4)22-18)23-9-11-24(12-10-23)28(25,26)14-13-27-16(2)3;/h6-8,16H,5,9-15H2,1-4H3,(H,20,21);1H. The van der Waals surface area contributed by atoms with Gasteiger partial charge in [0.1, 0.15) is 0 Å². The maximum Gasteiger partial charge on any atom is 0.216 e. The molecule has 2 rings (SSSR count). The van der Waals surface area contributed by atoms with Crippen molar-refractivity contribution >= 4 is 40.0 Å². The molecule has 0 amide bonds. The van der Waals surface area contributed by atoms with Crippen LogP contribution in [0.2, 0.25) is 0 Å². The Kier molecular flexibility index (Phi) is 11.4. The molecule has 0 aliphatic carbocycles. The van der Waals surface area contributed by atoms with Gasteiger partial charge in [-0.05, 0) is 39.8 Å². The second-order valence-corrected chi connectivity index (χ2v) is 9.15. The van der Waals surface area contributed by atoms with E-state index < -0.39 is 10.0 Å². The highest BCUT2D eigenvalue weighted by molar-refractivity contribution is 14.0. The predicted octanol–water partition coefficient (Wildman–Crippen LogP) is 1.85. The molecular formula is C19H34IN5O3S. The zero-order valence-corrected chi connectivity index (χ0v) is 20.9. The summed E-state index contributed by atoms with van der Waals surface area (Å²) >= 11 is 0. The van der Waals surface area contributed by atoms with Gasteiger partial charge in [0.25, 0.3) is 0 Å². The minimum atomic E-state index is -3.29. The van der Waals surface area contributed by atoms with E-state index in [1.165, 1.54) is 0 Å². The van der Waals surface area contributed by atoms with Crippen molar-refractivity contribution in [3.63, 3.8) is 0 Å². The van der Waals surface area contributed by atoms with Gasteiger partial charge in [0, 0.05) is 38.4 Å². The lowest BCUT2D eigenvalue weighted by atomic mass is 10.3. The Morgan fingerprint density at radius 2 is 1.97 bits per heavy atom. The minimum Gasteiger partial charge on any atom is -0.378 e. The normalized spacial score (nSPS) is 16.0. The van der Waals surface area contributed by atoms with E-state index >= 15 is 0 Å². The number of guanidine groups is 1. The molecule has 1 fully saturated rings. The Morgan fingerprint density at radius 1 is 1.28 bits per heavy atom. The third-order valence-electron chi connectivity index (χ3n) is 4.40. The third kappa shape index (κ3) is 8.73. The number of nitrogens with one attached hydrogen (secondary N) is 1. The molecule has 0 spiro atoms. The molecule has 29 heavy (non-hydrogen) atoms. The first kappa shape index (κ1) is 26.1. The van der Waals surface area contributed by atoms with E-state index in [2.05, 4.69) is 20.2 Å². The first-order valence-electron chi connectivity index (χ1n) is 9.87. The maximum absolute atomic E-state index is 12.5. The van der Waals surface area contributed by atoms with Crippen LogP contribution in [0.4, 0.5) is 0 Å². The number of ether oxygens (including phenoxy) is 1. The van der Waals surface area contributed by atoms with Crippen molar-refractivity contribution in [2.75, 3.05) is 45.1 Å². The van der Waals surface area contributed by atoms with Crippen molar-refractivity contribution < 1.29 is 13.2 Å². The molecule has 1 aliphatic rings. The monoisotopic (exact) mass is 539 g/mol. The van der Waals surface area contributed by atoms with Crippen LogP contribution >= 0.6 is 24.0 Å². The van der Waals surface area contributed by atoms with E-state index in [1.807, 2.05) is 45.9 Å². The average molecular weight is 539 g/mol. The second kappa shape index (κ2) is 12.7. The van der Waals surface area contributed by atoms with Crippen LogP contribution in [-0.4, -0.2) is 79.8 Å². The molecular weight excluding hydrogens is 505 g/mol. The van der Waals surface area contributed by atoms with Gasteiger partial charge in [-0.2, -0.15) is 4.31 Å². The van der Waals surface area contributed by atoms with Crippen molar-refractivity contribution in [1.29, 1.82) is 0 Å². The lowest BCUT2D eigenvalue weighted by Crippen LogP contribution is -2.54. The number of nitrogens with zero attached hydrogens (tertiary/aromatic N) is 4. The summed E-state index contributed by atoms with van der Waals surface area (Å²) in [6.07, 6.45) is 0.0360. The number of halogens is 1. The fourth-order valence-corrected chi connectivity index (χ4v) is 4.25. The number of aromatic nitrogens is 1. The molecule has 166 valence electrons. The topological polar surface area (TPSA) is 87.1 Å². The van der Waals surface area contributed by atoms with Crippen molar-refractivity contribution in [3.8, 4) is 0 Å². The summed E-state index contributed by atoms with van der Waals surface area (Å²) in [4.78, 5) is 11.3. The molecule has 1 aromatic rings. The van der Waals surface area contributed by atoms with Crippen LogP contribution in [0, 0.1) is 6.92 Å². The number of rotatable bonds is 8. The van der Waals surface area contributed by atoms with Crippen LogP contribution in [0.5, 0.6) is 0 Å². The van der Waals surface area contributed by atoms with E-state index in [-0.39, 0.29) is 42.4 Å². The van der Waals surface area contributed by atoms with Crippen LogP contribution < -0.4 is 5.32 Å². The lowest BCUT2D eigenvalue weighted by molar-refractivity contribution is 0.0904. The molecule has 10 heteroatoms. The Balaban J connectivity index is 0.00000420. The Bertz CT molecular complexity index is 750. The number of aliphatic imine (C=N–C) groups is 1. The molecule has 8 nitrogen and oxygen atoms in total. The first-order chi connectivity index (χ1) is 13.3. The highest BCUT2D eigenvalue weighted by Gasteiger charge is 2.28. The summed E-state index contributed by atoms with van der Waals surface area (Å²) in [7, 11) is -3.29. The van der Waals surface area contributed by atoms with E-state index in [0.29, 0.717) is 32.7 Å². The third-order valence-corrected chi connectivity index (χ3v) is 6.23. The van der Waals surface area contributed by atoms with Crippen molar-refractivity contribution in [2.45, 2.75) is 40.3 Å². The van der Waals surface area contributed by atoms with Crippen LogP contribution in [0.15, 0.2) is 23.2 Å². The van der Waals surface area contributed by atoms with Crippen molar-refractivity contribution in [2.24, 2.45) is 4.99 Å². The number of pyridine rings is 1. The SMILES string of the molecule is CCNC(=NCc1cccc(C)n1)N1CCN(S(=O)(=O)CCOC(C)C)CC1.I. The number of hydrogen-bond donors (Lipinski definition) is 1. The largest absolute Gasteiger partial charge is 0.378 e. The van der Waals surface area contributed by atoms with E-state index in [1.54, 1.807) is 4.31 Å². The fraction of sp³-hybridized carbons (Fsp3) is 0.684. The number of sulfonamides is 1. The summed E-state index contributed by atoms with van der Waals surface area (Å²) in [6.45, 7) is 11.4. The van der Waals surface area contributed by atoms with Gasteiger partial charge in [0.2, 0.25) is 10.0 Å². The average Bonchev–Trinajstić information content (AvgIpc) is 2.65. The van der Waals surface area contributed by atoms with Crippen molar-refractivity contribution in [1.82, 2.24) is 19.5 Å². The summed E-state index contributed by atoms with van der Waals surface area (Å²) in [5, 5.41) is 3.30. The number of hydrogen-bond acceptors (Lipinski definition) is 5. The van der Waals surface area contributed by atoms with Gasteiger partial charge in [0.05, 0.1) is 30.7 Å². The molecule has 1 aliphatic heterocycles. The van der Waals surface area contributed by atoms with E-state index in [0.717, 1.165) is 23.9 Å². The summed E-state index contributed by atoms with van der Waals surface area (Å²) in [6, 6.07) is 5.90. The molecule has 1 aromatic heterocycles. The van der Waals surface area contributed by atoms with Gasteiger partial charge in [-0.25, -0.2) is 13.4 Å². The summed E-state index contributed by atoms with van der Waals surface area (Å²) in [5.41, 5.74) is 1.89. The number of aryl methyl sites for hydroxylation is 1. The maximum atomic E-state index is 12.5. The summed E-state index contributed by atoms with van der Waals surface area (Å²) in [5.74, 6) is 0.823. The van der Waals surface area contributed by atoms with Gasteiger partial charge < -0.3 is 15.0 Å². The van der Waals surface area contributed by atoms with E-state index in [4.69, 9.17) is 4.74 Å².